The van der Waals surface area contributed by atoms with Gasteiger partial charge in [-0.05, 0) is 18.2 Å². The third-order valence-corrected chi connectivity index (χ3v) is 2.26. The highest BCUT2D eigenvalue weighted by Gasteiger charge is 2.00. The molecule has 0 atom stereocenters. The van der Waals surface area contributed by atoms with E-state index in [1.165, 1.54) is 0 Å². The van der Waals surface area contributed by atoms with E-state index in [2.05, 4.69) is 4.98 Å². The Morgan fingerprint density at radius 1 is 1.13 bits per heavy atom. The van der Waals surface area contributed by atoms with Gasteiger partial charge in [-0.2, -0.15) is 0 Å². The van der Waals surface area contributed by atoms with Crippen LogP contribution in [0, 0.1) is 0 Å². The number of hydrogen-bond donors (Lipinski definition) is 1. The van der Waals surface area contributed by atoms with Crippen molar-refractivity contribution in [1.29, 1.82) is 0 Å². The second-order valence-electron chi connectivity index (χ2n) is 2.91. The molecule has 0 aliphatic heterocycles. The Morgan fingerprint density at radius 3 is 2.47 bits per heavy atom. The summed E-state index contributed by atoms with van der Waals surface area (Å²) in [7, 11) is 0. The second-order valence-corrected chi connectivity index (χ2v) is 3.31. The van der Waals surface area contributed by atoms with Crippen molar-refractivity contribution in [1.82, 2.24) is 4.98 Å². The van der Waals surface area contributed by atoms with E-state index in [0.717, 1.165) is 11.4 Å². The molecule has 0 saturated carbocycles. The van der Waals surface area contributed by atoms with E-state index >= 15 is 0 Å². The van der Waals surface area contributed by atoms with Gasteiger partial charge < -0.3 is 9.72 Å². The summed E-state index contributed by atoms with van der Waals surface area (Å²) in [5, 5.41) is 0.709. The van der Waals surface area contributed by atoms with Crippen LogP contribution in [0.15, 0.2) is 42.6 Å². The summed E-state index contributed by atoms with van der Waals surface area (Å²) in [4.78, 5) is 3.02. The lowest BCUT2D eigenvalue weighted by molar-refractivity contribution is 0.302. The average molecular weight is 244 g/mol. The van der Waals surface area contributed by atoms with Crippen LogP contribution in [0.1, 0.15) is 5.69 Å². The van der Waals surface area contributed by atoms with Gasteiger partial charge >= 0.3 is 0 Å². The molecule has 0 aliphatic rings. The lowest BCUT2D eigenvalue weighted by Gasteiger charge is -2.04. The zero-order valence-electron chi connectivity index (χ0n) is 7.94. The van der Waals surface area contributed by atoms with E-state index < -0.39 is 0 Å². The van der Waals surface area contributed by atoms with Crippen molar-refractivity contribution in [2.45, 2.75) is 6.61 Å². The van der Waals surface area contributed by atoms with Crippen molar-refractivity contribution in [2.24, 2.45) is 0 Å². The smallest absolute Gasteiger partial charge is 0.129 e. The van der Waals surface area contributed by atoms with Crippen molar-refractivity contribution in [3.63, 3.8) is 0 Å². The maximum absolute atomic E-state index is 5.89. The van der Waals surface area contributed by atoms with Gasteiger partial charge in [0.25, 0.3) is 0 Å². The molecule has 0 unspecified atom stereocenters. The topological polar surface area (TPSA) is 25.0 Å². The molecule has 1 aromatic heterocycles. The van der Waals surface area contributed by atoms with Gasteiger partial charge in [0.05, 0.1) is 10.7 Å². The quantitative estimate of drug-likeness (QED) is 0.875. The van der Waals surface area contributed by atoms with E-state index in [4.69, 9.17) is 16.3 Å². The number of benzene rings is 1. The number of hydrogen-bond acceptors (Lipinski definition) is 1. The molecule has 0 aliphatic carbocycles. The number of aromatic nitrogens is 1. The number of nitrogens with one attached hydrogen (secondary N) is 1. The highest BCUT2D eigenvalue weighted by Crippen LogP contribution is 2.16. The van der Waals surface area contributed by atoms with Gasteiger partial charge in [-0.15, -0.1) is 12.4 Å². The zero-order chi connectivity index (χ0) is 9.80. The largest absolute Gasteiger partial charge is 0.487 e. The van der Waals surface area contributed by atoms with Crippen LogP contribution in [-0.4, -0.2) is 4.98 Å². The van der Waals surface area contributed by atoms with E-state index in [1.54, 1.807) is 6.20 Å². The van der Waals surface area contributed by atoms with Gasteiger partial charge in [0, 0.05) is 6.20 Å². The molecule has 80 valence electrons. The summed E-state index contributed by atoms with van der Waals surface area (Å²) >= 11 is 5.89. The van der Waals surface area contributed by atoms with Crippen molar-refractivity contribution >= 4 is 24.0 Å². The van der Waals surface area contributed by atoms with Crippen LogP contribution in [-0.2, 0) is 6.61 Å². The number of H-pyrrole nitrogens is 1. The minimum Gasteiger partial charge on any atom is -0.487 e. The maximum atomic E-state index is 5.89. The molecule has 0 amide bonds. The monoisotopic (exact) mass is 243 g/mol. The summed E-state index contributed by atoms with van der Waals surface area (Å²) in [5.41, 5.74) is 0.899. The van der Waals surface area contributed by atoms with Crippen LogP contribution in [0.2, 0.25) is 5.02 Å². The van der Waals surface area contributed by atoms with Crippen LogP contribution in [0.4, 0.5) is 0 Å². The van der Waals surface area contributed by atoms with Gasteiger partial charge in [0.15, 0.2) is 0 Å². The first-order chi connectivity index (χ1) is 6.86. The first-order valence-electron chi connectivity index (χ1n) is 4.36. The number of halogens is 2. The molecule has 0 bridgehead atoms. The molecule has 0 saturated heterocycles. The average Bonchev–Trinajstić information content (AvgIpc) is 2.63. The van der Waals surface area contributed by atoms with Crippen LogP contribution < -0.4 is 4.74 Å². The lowest BCUT2D eigenvalue weighted by atomic mass is 10.3. The van der Waals surface area contributed by atoms with Crippen molar-refractivity contribution in [3.05, 3.63) is 53.3 Å². The Bertz CT molecular complexity index is 400. The molecule has 2 aromatic rings. The summed E-state index contributed by atoms with van der Waals surface area (Å²) < 4.78 is 5.52. The van der Waals surface area contributed by atoms with E-state index in [1.807, 2.05) is 36.4 Å². The molecule has 1 heterocycles. The SMILES string of the molecule is Cl.Clc1cc[nH]c1COc1ccccc1. The van der Waals surface area contributed by atoms with Crippen LogP contribution >= 0.6 is 24.0 Å². The molecule has 2 rings (SSSR count). The fourth-order valence-electron chi connectivity index (χ4n) is 1.17. The maximum Gasteiger partial charge on any atom is 0.129 e. The highest BCUT2D eigenvalue weighted by atomic mass is 35.5. The van der Waals surface area contributed by atoms with E-state index in [9.17, 15) is 0 Å². The molecule has 1 N–H and O–H groups in total. The van der Waals surface area contributed by atoms with Crippen LogP contribution in [0.5, 0.6) is 5.75 Å². The number of ether oxygens (including phenoxy) is 1. The molecule has 0 fully saturated rings. The Kier molecular flexibility index (Phi) is 4.53. The molecule has 0 spiro atoms. The summed E-state index contributed by atoms with van der Waals surface area (Å²) in [5.74, 6) is 0.846. The minimum absolute atomic E-state index is 0. The first-order valence-corrected chi connectivity index (χ1v) is 4.73. The predicted molar refractivity (Wildman–Crippen MR) is 63.8 cm³/mol. The first kappa shape index (κ1) is 12.0. The van der Waals surface area contributed by atoms with Gasteiger partial charge in [-0.3, -0.25) is 0 Å². The lowest BCUT2D eigenvalue weighted by Crippen LogP contribution is -1.95. The van der Waals surface area contributed by atoms with E-state index in [-0.39, 0.29) is 12.4 Å². The Labute approximate surface area is 99.6 Å². The van der Waals surface area contributed by atoms with Gasteiger partial charge in [0.1, 0.15) is 12.4 Å². The standard InChI is InChI=1S/C11H10ClNO.ClH/c12-10-6-7-13-11(10)8-14-9-4-2-1-3-5-9;/h1-7,13H,8H2;1H. The number of para-hydroxylation sites is 1. The normalized spacial score (nSPS) is 9.40. The summed E-state index contributed by atoms with van der Waals surface area (Å²) in [6.07, 6.45) is 1.80. The van der Waals surface area contributed by atoms with Gasteiger partial charge in [-0.25, -0.2) is 0 Å². The number of aromatic amines is 1. The van der Waals surface area contributed by atoms with Crippen molar-refractivity contribution in [3.8, 4) is 5.75 Å². The van der Waals surface area contributed by atoms with Crippen molar-refractivity contribution in [2.75, 3.05) is 0 Å². The fourth-order valence-corrected chi connectivity index (χ4v) is 1.34. The van der Waals surface area contributed by atoms with Gasteiger partial charge in [-0.1, -0.05) is 29.8 Å². The fraction of sp³-hybridized carbons (Fsp3) is 0.0909. The zero-order valence-corrected chi connectivity index (χ0v) is 9.52. The molecule has 15 heavy (non-hydrogen) atoms. The Morgan fingerprint density at radius 2 is 1.87 bits per heavy atom. The number of rotatable bonds is 3. The summed E-state index contributed by atoms with van der Waals surface area (Å²) in [6, 6.07) is 11.5. The van der Waals surface area contributed by atoms with Crippen LogP contribution in [0.3, 0.4) is 0 Å². The molecule has 1 aromatic carbocycles. The third-order valence-electron chi connectivity index (χ3n) is 1.90. The molecule has 0 radical (unpaired) electrons. The second kappa shape index (κ2) is 5.69. The summed E-state index contributed by atoms with van der Waals surface area (Å²) in [6.45, 7) is 0.468. The van der Waals surface area contributed by atoms with Gasteiger partial charge in [0.2, 0.25) is 0 Å². The van der Waals surface area contributed by atoms with Crippen LogP contribution in [0.25, 0.3) is 0 Å². The molecular weight excluding hydrogens is 233 g/mol. The molecule has 4 heteroatoms. The predicted octanol–water partition coefficient (Wildman–Crippen LogP) is 3.67. The third kappa shape index (κ3) is 3.18. The Balaban J connectivity index is 0.00000112. The highest BCUT2D eigenvalue weighted by molar-refractivity contribution is 6.31. The molecule has 2 nitrogen and oxygen atoms in total. The van der Waals surface area contributed by atoms with Crippen molar-refractivity contribution < 1.29 is 4.74 Å². The molecular formula is C11H11Cl2NO. The Hall–Kier alpha value is -1.12. The minimum atomic E-state index is 0. The van der Waals surface area contributed by atoms with E-state index in [0.29, 0.717) is 11.6 Å².